The van der Waals surface area contributed by atoms with E-state index in [2.05, 4.69) is 15.5 Å². The number of amides is 1. The maximum Gasteiger partial charge on any atom is 0.420 e. The van der Waals surface area contributed by atoms with Crippen molar-refractivity contribution in [2.45, 2.75) is 25.1 Å². The summed E-state index contributed by atoms with van der Waals surface area (Å²) in [6.07, 6.45) is -2.63. The smallest absolute Gasteiger partial charge is 0.420 e. The molecule has 2 aromatic carbocycles. The number of alkyl halides is 3. The number of carbonyl (C=O) groups is 1. The minimum Gasteiger partial charge on any atom is -0.497 e. The van der Waals surface area contributed by atoms with Crippen LogP contribution in [0.25, 0.3) is 0 Å². The Morgan fingerprint density at radius 3 is 2.62 bits per heavy atom. The Hall–Kier alpha value is -3.69. The summed E-state index contributed by atoms with van der Waals surface area (Å²) in [6, 6.07) is 8.81. The van der Waals surface area contributed by atoms with E-state index in [1.165, 1.54) is 26.4 Å². The minimum atomic E-state index is -4.60. The van der Waals surface area contributed by atoms with E-state index in [1.54, 1.807) is 24.4 Å². The predicted molar refractivity (Wildman–Crippen MR) is 109 cm³/mol. The monoisotopic (exact) mass is 447 g/mol. The van der Waals surface area contributed by atoms with Gasteiger partial charge in [0.25, 0.3) is 0 Å². The molecule has 3 aromatic rings. The molecule has 1 aliphatic heterocycles. The number of benzene rings is 2. The lowest BCUT2D eigenvalue weighted by molar-refractivity contribution is -0.139. The van der Waals surface area contributed by atoms with E-state index in [4.69, 9.17) is 14.2 Å². The van der Waals surface area contributed by atoms with E-state index in [9.17, 15) is 18.0 Å². The SMILES string of the molecule is COc1ccc(OCc2ccc(C3CC(=O)Nc4n[nH]cc43)cc2OC)c(C(F)(F)F)c1. The molecule has 0 aliphatic carbocycles. The van der Waals surface area contributed by atoms with Crippen LogP contribution in [0.2, 0.25) is 0 Å². The number of carbonyl (C=O) groups excluding carboxylic acids is 1. The van der Waals surface area contributed by atoms with E-state index in [0.717, 1.165) is 17.2 Å². The molecule has 0 saturated carbocycles. The van der Waals surface area contributed by atoms with Crippen molar-refractivity contribution in [3.05, 3.63) is 64.8 Å². The molecule has 1 aromatic heterocycles. The van der Waals surface area contributed by atoms with Crippen LogP contribution in [-0.4, -0.2) is 30.3 Å². The summed E-state index contributed by atoms with van der Waals surface area (Å²) in [5, 5.41) is 9.50. The molecule has 0 radical (unpaired) electrons. The summed E-state index contributed by atoms with van der Waals surface area (Å²) in [5.74, 6) is 0.329. The first kappa shape index (κ1) is 21.5. The molecule has 32 heavy (non-hydrogen) atoms. The molecule has 1 unspecified atom stereocenters. The largest absolute Gasteiger partial charge is 0.497 e. The van der Waals surface area contributed by atoms with Crippen LogP contribution in [0.15, 0.2) is 42.6 Å². The minimum absolute atomic E-state index is 0.0849. The molecule has 4 rings (SSSR count). The van der Waals surface area contributed by atoms with Crippen molar-refractivity contribution in [2.75, 3.05) is 19.5 Å². The Labute approximate surface area is 181 Å². The molecule has 2 heterocycles. The highest BCUT2D eigenvalue weighted by atomic mass is 19.4. The van der Waals surface area contributed by atoms with Gasteiger partial charge in [-0.1, -0.05) is 12.1 Å². The first-order valence-corrected chi connectivity index (χ1v) is 9.68. The van der Waals surface area contributed by atoms with Crippen molar-refractivity contribution in [1.82, 2.24) is 10.2 Å². The zero-order valence-electron chi connectivity index (χ0n) is 17.2. The molecule has 0 spiro atoms. The fourth-order valence-electron chi connectivity index (χ4n) is 3.68. The van der Waals surface area contributed by atoms with E-state index in [0.29, 0.717) is 17.1 Å². The molecular formula is C22H20F3N3O4. The van der Waals surface area contributed by atoms with Crippen LogP contribution >= 0.6 is 0 Å². The molecule has 1 amide bonds. The average molecular weight is 447 g/mol. The zero-order chi connectivity index (χ0) is 22.9. The Balaban J connectivity index is 1.59. The number of H-pyrrole nitrogens is 1. The number of nitrogens with zero attached hydrogens (tertiary/aromatic N) is 1. The van der Waals surface area contributed by atoms with Crippen LogP contribution in [-0.2, 0) is 17.6 Å². The first-order valence-electron chi connectivity index (χ1n) is 9.68. The third-order valence-electron chi connectivity index (χ3n) is 5.28. The summed E-state index contributed by atoms with van der Waals surface area (Å²) in [5.41, 5.74) is 1.31. The van der Waals surface area contributed by atoms with Crippen molar-refractivity contribution in [1.29, 1.82) is 0 Å². The molecular weight excluding hydrogens is 427 g/mol. The maximum atomic E-state index is 13.4. The Bertz CT molecular complexity index is 1140. The van der Waals surface area contributed by atoms with Crippen molar-refractivity contribution in [3.63, 3.8) is 0 Å². The molecule has 168 valence electrons. The fraction of sp³-hybridized carbons (Fsp3) is 0.273. The van der Waals surface area contributed by atoms with E-state index in [-0.39, 0.29) is 36.4 Å². The number of anilines is 1. The second kappa shape index (κ2) is 8.45. The number of hydrogen-bond donors (Lipinski definition) is 2. The van der Waals surface area contributed by atoms with E-state index >= 15 is 0 Å². The van der Waals surface area contributed by atoms with Crippen LogP contribution in [0.1, 0.15) is 34.6 Å². The van der Waals surface area contributed by atoms with E-state index in [1.807, 2.05) is 0 Å². The lowest BCUT2D eigenvalue weighted by Crippen LogP contribution is -2.23. The molecule has 0 bridgehead atoms. The molecule has 10 heteroatoms. The lowest BCUT2D eigenvalue weighted by Gasteiger charge is -2.23. The normalized spacial score (nSPS) is 15.7. The van der Waals surface area contributed by atoms with Gasteiger partial charge in [-0.2, -0.15) is 18.3 Å². The number of aromatic amines is 1. The summed E-state index contributed by atoms with van der Waals surface area (Å²) in [4.78, 5) is 12.0. The van der Waals surface area contributed by atoms with Crippen LogP contribution in [0.4, 0.5) is 19.0 Å². The molecule has 1 aliphatic rings. The number of nitrogens with one attached hydrogen (secondary N) is 2. The van der Waals surface area contributed by atoms with Gasteiger partial charge in [0.1, 0.15) is 29.4 Å². The van der Waals surface area contributed by atoms with Crippen LogP contribution in [0.5, 0.6) is 17.2 Å². The third kappa shape index (κ3) is 4.20. The summed E-state index contributed by atoms with van der Waals surface area (Å²) in [7, 11) is 2.76. The average Bonchev–Trinajstić information content (AvgIpc) is 3.24. The van der Waals surface area contributed by atoms with Crippen molar-refractivity contribution < 1.29 is 32.2 Å². The van der Waals surface area contributed by atoms with Gasteiger partial charge in [-0.25, -0.2) is 0 Å². The van der Waals surface area contributed by atoms with Crippen molar-refractivity contribution >= 4 is 11.7 Å². The van der Waals surface area contributed by atoms with Gasteiger partial charge < -0.3 is 19.5 Å². The summed E-state index contributed by atoms with van der Waals surface area (Å²) < 4.78 is 56.1. The molecule has 0 fully saturated rings. The van der Waals surface area contributed by atoms with Crippen LogP contribution in [0.3, 0.4) is 0 Å². The number of halogens is 3. The van der Waals surface area contributed by atoms with Gasteiger partial charge in [-0.05, 0) is 29.8 Å². The molecule has 1 atom stereocenters. The van der Waals surface area contributed by atoms with Gasteiger partial charge in [0, 0.05) is 29.7 Å². The molecule has 0 saturated heterocycles. The fourth-order valence-corrected chi connectivity index (χ4v) is 3.68. The first-order chi connectivity index (χ1) is 15.3. The summed E-state index contributed by atoms with van der Waals surface area (Å²) in [6.45, 7) is -0.138. The number of aromatic nitrogens is 2. The van der Waals surface area contributed by atoms with Gasteiger partial charge in [-0.3, -0.25) is 9.89 Å². The van der Waals surface area contributed by atoms with Gasteiger partial charge in [0.15, 0.2) is 5.82 Å². The molecule has 7 nitrogen and oxygen atoms in total. The number of ether oxygens (including phenoxy) is 3. The van der Waals surface area contributed by atoms with Crippen molar-refractivity contribution in [3.8, 4) is 17.2 Å². The maximum absolute atomic E-state index is 13.4. The summed E-state index contributed by atoms with van der Waals surface area (Å²) >= 11 is 0. The Morgan fingerprint density at radius 2 is 1.91 bits per heavy atom. The standard InChI is InChI=1S/C22H20F3N3O4/c1-30-14-5-6-18(17(8-14)22(23,24)25)32-11-13-4-3-12(7-19(13)31-2)15-9-20(29)27-21-16(15)10-26-28-21/h3-8,10,15H,9,11H2,1-2H3,(H2,26,27,28,29). The molecule has 2 N–H and O–H groups in total. The van der Waals surface area contributed by atoms with Crippen LogP contribution in [0, 0.1) is 0 Å². The number of hydrogen-bond acceptors (Lipinski definition) is 5. The highest BCUT2D eigenvalue weighted by molar-refractivity contribution is 5.94. The quantitative estimate of drug-likeness (QED) is 0.581. The number of methoxy groups -OCH3 is 2. The van der Waals surface area contributed by atoms with Gasteiger partial charge in [-0.15, -0.1) is 0 Å². The van der Waals surface area contributed by atoms with Crippen LogP contribution < -0.4 is 19.5 Å². The van der Waals surface area contributed by atoms with Gasteiger partial charge in [0.05, 0.1) is 14.2 Å². The highest BCUT2D eigenvalue weighted by Gasteiger charge is 2.35. The second-order valence-corrected chi connectivity index (χ2v) is 7.21. The van der Waals surface area contributed by atoms with Gasteiger partial charge in [0.2, 0.25) is 5.91 Å². The number of fused-ring (bicyclic) bond motifs is 1. The number of rotatable bonds is 6. The zero-order valence-corrected chi connectivity index (χ0v) is 17.2. The second-order valence-electron chi connectivity index (χ2n) is 7.21. The lowest BCUT2D eigenvalue weighted by atomic mass is 9.87. The highest BCUT2D eigenvalue weighted by Crippen LogP contribution is 2.40. The van der Waals surface area contributed by atoms with Crippen molar-refractivity contribution in [2.24, 2.45) is 0 Å². The Kier molecular flexibility index (Phi) is 5.68. The third-order valence-corrected chi connectivity index (χ3v) is 5.28. The van der Waals surface area contributed by atoms with E-state index < -0.39 is 11.7 Å². The topological polar surface area (TPSA) is 85.5 Å². The Morgan fingerprint density at radius 1 is 1.09 bits per heavy atom. The predicted octanol–water partition coefficient (Wildman–Crippen LogP) is 4.50. The van der Waals surface area contributed by atoms with Gasteiger partial charge >= 0.3 is 6.18 Å².